The van der Waals surface area contributed by atoms with E-state index in [1.165, 1.54) is 0 Å². The van der Waals surface area contributed by atoms with Crippen LogP contribution in [0.25, 0.3) is 0 Å². The highest BCUT2D eigenvalue weighted by Gasteiger charge is 2.03. The van der Waals surface area contributed by atoms with Crippen molar-refractivity contribution in [2.24, 2.45) is 5.73 Å². The molecule has 0 radical (unpaired) electrons. The summed E-state index contributed by atoms with van der Waals surface area (Å²) in [6, 6.07) is 0.0234. The first-order valence-corrected chi connectivity index (χ1v) is 5.11. The largest absolute Gasteiger partial charge is 0.445 e. The van der Waals surface area contributed by atoms with Gasteiger partial charge in [-0.1, -0.05) is 12.7 Å². The van der Waals surface area contributed by atoms with E-state index in [0.29, 0.717) is 5.57 Å². The van der Waals surface area contributed by atoms with Crippen LogP contribution in [0.2, 0.25) is 0 Å². The van der Waals surface area contributed by atoms with Gasteiger partial charge in [-0.25, -0.2) is 9.59 Å². The summed E-state index contributed by atoms with van der Waals surface area (Å²) in [6.45, 7) is 7.46. The molecule has 0 unspecified atom stereocenters. The van der Waals surface area contributed by atoms with Gasteiger partial charge in [-0.3, -0.25) is 0 Å². The molecule has 0 aromatic heterocycles. The number of amides is 2. The van der Waals surface area contributed by atoms with Gasteiger partial charge in [0.2, 0.25) is 0 Å². The van der Waals surface area contributed by atoms with Crippen LogP contribution in [-0.4, -0.2) is 31.4 Å². The smallest absolute Gasteiger partial charge is 0.407 e. The molecule has 6 nitrogen and oxygen atoms in total. The van der Waals surface area contributed by atoms with Crippen LogP contribution in [0.15, 0.2) is 24.3 Å². The quantitative estimate of drug-likeness (QED) is 0.687. The summed E-state index contributed by atoms with van der Waals surface area (Å²) >= 11 is 0. The number of alkyl carbamates (subject to hydrolysis) is 1. The second kappa shape index (κ2) is 8.20. The first-order valence-electron chi connectivity index (χ1n) is 5.11. The molecule has 0 atom stereocenters. The van der Waals surface area contributed by atoms with E-state index in [-0.39, 0.29) is 19.3 Å². The Morgan fingerprint density at radius 2 is 2.06 bits per heavy atom. The van der Waals surface area contributed by atoms with Crippen molar-refractivity contribution in [3.05, 3.63) is 24.3 Å². The molecule has 0 aliphatic carbocycles. The molecule has 2 amide bonds. The number of primary amides is 1. The van der Waals surface area contributed by atoms with Crippen molar-refractivity contribution in [1.82, 2.24) is 5.32 Å². The molecule has 0 heterocycles. The maximum Gasteiger partial charge on any atom is 0.407 e. The van der Waals surface area contributed by atoms with Crippen molar-refractivity contribution in [2.45, 2.75) is 19.9 Å². The standard InChI is InChI=1S/C11H18N2O4/c1-8(2)13-11(15)17-7-9(3)5-4-6-16-10(12)14/h4-5,8H,3,6-7H2,1-2H3,(H2,12,14)(H,13,15). The average molecular weight is 242 g/mol. The van der Waals surface area contributed by atoms with Gasteiger partial charge in [0.15, 0.2) is 0 Å². The normalized spacial score (nSPS) is 10.3. The van der Waals surface area contributed by atoms with Crippen LogP contribution in [-0.2, 0) is 9.47 Å². The van der Waals surface area contributed by atoms with Crippen molar-refractivity contribution in [1.29, 1.82) is 0 Å². The van der Waals surface area contributed by atoms with Gasteiger partial charge < -0.3 is 20.5 Å². The lowest BCUT2D eigenvalue weighted by atomic mass is 10.3. The highest BCUT2D eigenvalue weighted by Crippen LogP contribution is 1.95. The molecule has 17 heavy (non-hydrogen) atoms. The maximum absolute atomic E-state index is 11.1. The van der Waals surface area contributed by atoms with Crippen molar-refractivity contribution < 1.29 is 19.1 Å². The van der Waals surface area contributed by atoms with Gasteiger partial charge in [0, 0.05) is 6.04 Å². The summed E-state index contributed by atoms with van der Waals surface area (Å²) in [4.78, 5) is 21.3. The van der Waals surface area contributed by atoms with Crippen molar-refractivity contribution in [3.63, 3.8) is 0 Å². The van der Waals surface area contributed by atoms with Gasteiger partial charge >= 0.3 is 12.2 Å². The van der Waals surface area contributed by atoms with Crippen LogP contribution in [0.5, 0.6) is 0 Å². The second-order valence-corrected chi connectivity index (χ2v) is 3.57. The highest BCUT2D eigenvalue weighted by molar-refractivity contribution is 5.67. The monoisotopic (exact) mass is 242 g/mol. The molecule has 0 saturated carbocycles. The Bertz CT molecular complexity index is 311. The summed E-state index contributed by atoms with van der Waals surface area (Å²) in [6.07, 6.45) is 1.80. The van der Waals surface area contributed by atoms with E-state index >= 15 is 0 Å². The number of hydrogen-bond acceptors (Lipinski definition) is 4. The van der Waals surface area contributed by atoms with Crippen LogP contribution in [0.3, 0.4) is 0 Å². The fraction of sp³-hybridized carbons (Fsp3) is 0.455. The molecule has 0 bridgehead atoms. The second-order valence-electron chi connectivity index (χ2n) is 3.57. The van der Waals surface area contributed by atoms with Crippen LogP contribution in [0.4, 0.5) is 9.59 Å². The van der Waals surface area contributed by atoms with Gasteiger partial charge in [-0.15, -0.1) is 0 Å². The van der Waals surface area contributed by atoms with E-state index in [1.807, 2.05) is 13.8 Å². The molecular formula is C11H18N2O4. The Hall–Kier alpha value is -1.98. The minimum atomic E-state index is -0.840. The molecule has 0 rings (SSSR count). The highest BCUT2D eigenvalue weighted by atomic mass is 16.5. The molecule has 0 aliphatic rings. The summed E-state index contributed by atoms with van der Waals surface area (Å²) in [7, 11) is 0. The van der Waals surface area contributed by atoms with E-state index in [0.717, 1.165) is 0 Å². The number of rotatable bonds is 6. The lowest BCUT2D eigenvalue weighted by Gasteiger charge is -2.09. The van der Waals surface area contributed by atoms with E-state index in [9.17, 15) is 9.59 Å². The third-order valence-corrected chi connectivity index (χ3v) is 1.47. The Balaban J connectivity index is 3.72. The fourth-order valence-corrected chi connectivity index (χ4v) is 0.829. The molecule has 0 aromatic rings. The van der Waals surface area contributed by atoms with E-state index in [2.05, 4.69) is 16.6 Å². The molecule has 0 saturated heterocycles. The Kier molecular flexibility index (Phi) is 7.25. The first-order chi connectivity index (χ1) is 7.91. The summed E-state index contributed by atoms with van der Waals surface area (Å²) in [5.41, 5.74) is 5.34. The SMILES string of the molecule is C=C(C=CCOC(N)=O)COC(=O)NC(C)C. The third-order valence-electron chi connectivity index (χ3n) is 1.47. The number of ether oxygens (including phenoxy) is 2. The summed E-state index contributed by atoms with van der Waals surface area (Å²) < 4.78 is 9.32. The van der Waals surface area contributed by atoms with Gasteiger partial charge in [0.25, 0.3) is 0 Å². The number of hydrogen-bond donors (Lipinski definition) is 2. The Morgan fingerprint density at radius 1 is 1.41 bits per heavy atom. The van der Waals surface area contributed by atoms with Crippen LogP contribution < -0.4 is 11.1 Å². The van der Waals surface area contributed by atoms with Gasteiger partial charge in [-0.2, -0.15) is 0 Å². The summed E-state index contributed by atoms with van der Waals surface area (Å²) in [5, 5.41) is 2.57. The molecule has 0 aliphatic heterocycles. The van der Waals surface area contributed by atoms with Crippen molar-refractivity contribution in [2.75, 3.05) is 13.2 Å². The van der Waals surface area contributed by atoms with Gasteiger partial charge in [0.05, 0.1) is 0 Å². The third kappa shape index (κ3) is 10.3. The maximum atomic E-state index is 11.1. The van der Waals surface area contributed by atoms with Gasteiger partial charge in [0.1, 0.15) is 13.2 Å². The average Bonchev–Trinajstić information content (AvgIpc) is 2.20. The predicted molar refractivity (Wildman–Crippen MR) is 63.4 cm³/mol. The lowest BCUT2D eigenvalue weighted by molar-refractivity contribution is 0.154. The molecule has 96 valence electrons. The molecule has 0 aromatic carbocycles. The molecule has 0 spiro atoms. The molecule has 3 N–H and O–H groups in total. The molecule has 0 fully saturated rings. The zero-order chi connectivity index (χ0) is 13.3. The minimum absolute atomic E-state index is 0.0234. The van der Waals surface area contributed by atoms with Crippen LogP contribution in [0.1, 0.15) is 13.8 Å². The predicted octanol–water partition coefficient (Wildman–Crippen LogP) is 1.33. The van der Waals surface area contributed by atoms with Gasteiger partial charge in [-0.05, 0) is 25.5 Å². The zero-order valence-corrected chi connectivity index (χ0v) is 10.1. The first kappa shape index (κ1) is 15.0. The number of nitrogens with one attached hydrogen (secondary N) is 1. The fourth-order valence-electron chi connectivity index (χ4n) is 0.829. The van der Waals surface area contributed by atoms with Crippen LogP contribution >= 0.6 is 0 Å². The molecular weight excluding hydrogens is 224 g/mol. The Morgan fingerprint density at radius 3 is 2.59 bits per heavy atom. The topological polar surface area (TPSA) is 90.7 Å². The van der Waals surface area contributed by atoms with E-state index in [4.69, 9.17) is 10.5 Å². The number of nitrogens with two attached hydrogens (primary N) is 1. The number of carbonyl (C=O) groups is 2. The summed E-state index contributed by atoms with van der Waals surface area (Å²) in [5.74, 6) is 0. The Labute approximate surface area is 100 Å². The van der Waals surface area contributed by atoms with E-state index < -0.39 is 12.2 Å². The lowest BCUT2D eigenvalue weighted by Crippen LogP contribution is -2.31. The minimum Gasteiger partial charge on any atom is -0.445 e. The van der Waals surface area contributed by atoms with Crippen molar-refractivity contribution >= 4 is 12.2 Å². The van der Waals surface area contributed by atoms with Crippen molar-refractivity contribution in [3.8, 4) is 0 Å². The molecule has 6 heteroatoms. The van der Waals surface area contributed by atoms with Crippen LogP contribution in [0, 0.1) is 0 Å². The zero-order valence-electron chi connectivity index (χ0n) is 10.1. The van der Waals surface area contributed by atoms with E-state index in [1.54, 1.807) is 12.2 Å². The number of carbonyl (C=O) groups excluding carboxylic acids is 2.